The maximum Gasteiger partial charge on any atom is 0.161 e. The monoisotopic (exact) mass is 277 g/mol. The highest BCUT2D eigenvalue weighted by Crippen LogP contribution is 2.28. The normalized spacial score (nSPS) is 10.2. The standard InChI is InChI=1S/C13H15N3O2S/c1-17-12-9-10(13(14)19)3-4-11(12)18-8-7-16-6-2-5-15-16/h2-6,9H,7-8H2,1H3,(H2,14,19). The summed E-state index contributed by atoms with van der Waals surface area (Å²) in [7, 11) is 1.58. The summed E-state index contributed by atoms with van der Waals surface area (Å²) in [5.41, 5.74) is 6.33. The number of hydrogen-bond donors (Lipinski definition) is 1. The molecule has 2 aromatic rings. The van der Waals surface area contributed by atoms with E-state index >= 15 is 0 Å². The molecule has 0 aliphatic heterocycles. The van der Waals surface area contributed by atoms with E-state index in [9.17, 15) is 0 Å². The first kappa shape index (κ1) is 13.4. The lowest BCUT2D eigenvalue weighted by Gasteiger charge is -2.11. The summed E-state index contributed by atoms with van der Waals surface area (Å²) in [5, 5.41) is 4.10. The molecule has 1 heterocycles. The Kier molecular flexibility index (Phi) is 4.35. The number of nitrogens with zero attached hydrogens (tertiary/aromatic N) is 2. The molecule has 0 aliphatic carbocycles. The van der Waals surface area contributed by atoms with Crippen molar-refractivity contribution in [2.24, 2.45) is 5.73 Å². The van der Waals surface area contributed by atoms with Gasteiger partial charge in [-0.2, -0.15) is 5.10 Å². The zero-order chi connectivity index (χ0) is 13.7. The smallest absolute Gasteiger partial charge is 0.161 e. The van der Waals surface area contributed by atoms with Gasteiger partial charge in [0.1, 0.15) is 11.6 Å². The molecule has 1 aromatic carbocycles. The molecule has 0 saturated heterocycles. The van der Waals surface area contributed by atoms with Crippen molar-refractivity contribution in [3.05, 3.63) is 42.2 Å². The van der Waals surface area contributed by atoms with Crippen molar-refractivity contribution in [2.75, 3.05) is 13.7 Å². The Bertz CT molecular complexity index is 555. The van der Waals surface area contributed by atoms with Gasteiger partial charge in [-0.1, -0.05) is 12.2 Å². The van der Waals surface area contributed by atoms with E-state index in [1.807, 2.05) is 18.3 Å². The molecule has 6 heteroatoms. The van der Waals surface area contributed by atoms with E-state index in [-0.39, 0.29) is 0 Å². The molecule has 1 aromatic heterocycles. The summed E-state index contributed by atoms with van der Waals surface area (Å²) in [6.45, 7) is 1.18. The number of rotatable bonds is 6. The van der Waals surface area contributed by atoms with E-state index in [0.717, 1.165) is 5.56 Å². The molecule has 2 N–H and O–H groups in total. The zero-order valence-electron chi connectivity index (χ0n) is 10.6. The molecule has 0 fully saturated rings. The Morgan fingerprint density at radius 3 is 2.89 bits per heavy atom. The Hall–Kier alpha value is -2.08. The van der Waals surface area contributed by atoms with Gasteiger partial charge in [-0.05, 0) is 24.3 Å². The number of hydrogen-bond acceptors (Lipinski definition) is 4. The molecule has 0 saturated carbocycles. The summed E-state index contributed by atoms with van der Waals surface area (Å²) in [5.74, 6) is 1.28. The summed E-state index contributed by atoms with van der Waals surface area (Å²) in [6, 6.07) is 7.26. The van der Waals surface area contributed by atoms with Gasteiger partial charge in [0.25, 0.3) is 0 Å². The molecule has 0 spiro atoms. The molecule has 5 nitrogen and oxygen atoms in total. The van der Waals surface area contributed by atoms with Crippen molar-refractivity contribution < 1.29 is 9.47 Å². The third kappa shape index (κ3) is 3.45. The van der Waals surface area contributed by atoms with Crippen molar-refractivity contribution >= 4 is 17.2 Å². The van der Waals surface area contributed by atoms with Crippen molar-refractivity contribution in [2.45, 2.75) is 6.54 Å². The Labute approximate surface area is 116 Å². The molecule has 100 valence electrons. The van der Waals surface area contributed by atoms with Gasteiger partial charge in [0.2, 0.25) is 0 Å². The molecular weight excluding hydrogens is 262 g/mol. The van der Waals surface area contributed by atoms with Crippen LogP contribution in [0.3, 0.4) is 0 Å². The fourth-order valence-corrected chi connectivity index (χ4v) is 1.75. The molecular formula is C13H15N3O2S. The Morgan fingerprint density at radius 1 is 1.42 bits per heavy atom. The lowest BCUT2D eigenvalue weighted by molar-refractivity contribution is 0.274. The zero-order valence-corrected chi connectivity index (χ0v) is 11.4. The summed E-state index contributed by atoms with van der Waals surface area (Å²) in [4.78, 5) is 0.335. The number of methoxy groups -OCH3 is 1. The fraction of sp³-hybridized carbons (Fsp3) is 0.231. The number of nitrogens with two attached hydrogens (primary N) is 1. The van der Waals surface area contributed by atoms with Gasteiger partial charge in [-0.3, -0.25) is 4.68 Å². The number of benzene rings is 1. The van der Waals surface area contributed by atoms with Crippen LogP contribution in [0.2, 0.25) is 0 Å². The largest absolute Gasteiger partial charge is 0.493 e. The SMILES string of the molecule is COc1cc(C(N)=S)ccc1OCCn1cccn1. The number of ether oxygens (including phenoxy) is 2. The first-order valence-corrected chi connectivity index (χ1v) is 6.19. The molecule has 0 atom stereocenters. The number of aromatic nitrogens is 2. The third-order valence-corrected chi connectivity index (χ3v) is 2.82. The quantitative estimate of drug-likeness (QED) is 0.813. The second-order valence-electron chi connectivity index (χ2n) is 3.85. The van der Waals surface area contributed by atoms with Crippen molar-refractivity contribution in [1.82, 2.24) is 9.78 Å². The second-order valence-corrected chi connectivity index (χ2v) is 4.29. The Balaban J connectivity index is 2.01. The topological polar surface area (TPSA) is 62.3 Å². The molecule has 0 radical (unpaired) electrons. The van der Waals surface area contributed by atoms with Gasteiger partial charge in [0, 0.05) is 18.0 Å². The van der Waals surface area contributed by atoms with Crippen LogP contribution >= 0.6 is 12.2 Å². The predicted octanol–water partition coefficient (Wildman–Crippen LogP) is 1.60. The molecule has 0 amide bonds. The lowest BCUT2D eigenvalue weighted by Crippen LogP contribution is -2.11. The summed E-state index contributed by atoms with van der Waals surface area (Å²) in [6.07, 6.45) is 3.62. The van der Waals surface area contributed by atoms with E-state index in [2.05, 4.69) is 5.10 Å². The maximum absolute atomic E-state index is 5.67. The van der Waals surface area contributed by atoms with E-state index in [0.29, 0.717) is 29.6 Å². The van der Waals surface area contributed by atoms with Crippen LogP contribution < -0.4 is 15.2 Å². The van der Waals surface area contributed by atoms with E-state index < -0.39 is 0 Å². The summed E-state index contributed by atoms with van der Waals surface area (Å²) < 4.78 is 12.7. The highest BCUT2D eigenvalue weighted by molar-refractivity contribution is 7.80. The fourth-order valence-electron chi connectivity index (χ4n) is 1.62. The molecule has 0 bridgehead atoms. The lowest BCUT2D eigenvalue weighted by atomic mass is 10.2. The predicted molar refractivity (Wildman–Crippen MR) is 76.6 cm³/mol. The number of thiocarbonyl (C=S) groups is 1. The van der Waals surface area contributed by atoms with Crippen LogP contribution in [-0.2, 0) is 6.54 Å². The van der Waals surface area contributed by atoms with Gasteiger partial charge >= 0.3 is 0 Å². The third-order valence-electron chi connectivity index (χ3n) is 2.59. The van der Waals surface area contributed by atoms with Crippen molar-refractivity contribution in [3.8, 4) is 11.5 Å². The average molecular weight is 277 g/mol. The van der Waals surface area contributed by atoms with Gasteiger partial charge in [0.15, 0.2) is 11.5 Å². The van der Waals surface area contributed by atoms with Crippen molar-refractivity contribution in [3.63, 3.8) is 0 Å². The van der Waals surface area contributed by atoms with Crippen LogP contribution in [0.1, 0.15) is 5.56 Å². The van der Waals surface area contributed by atoms with Crippen LogP contribution in [0.25, 0.3) is 0 Å². The van der Waals surface area contributed by atoms with Gasteiger partial charge in [-0.25, -0.2) is 0 Å². The van der Waals surface area contributed by atoms with E-state index in [1.165, 1.54) is 0 Å². The van der Waals surface area contributed by atoms with E-state index in [1.54, 1.807) is 30.1 Å². The summed E-state index contributed by atoms with van der Waals surface area (Å²) >= 11 is 4.92. The first-order chi connectivity index (χ1) is 9.20. The minimum atomic E-state index is 0.335. The molecule has 0 unspecified atom stereocenters. The van der Waals surface area contributed by atoms with Gasteiger partial charge in [0.05, 0.1) is 13.7 Å². The van der Waals surface area contributed by atoms with E-state index in [4.69, 9.17) is 27.4 Å². The minimum Gasteiger partial charge on any atom is -0.493 e. The second kappa shape index (κ2) is 6.19. The van der Waals surface area contributed by atoms with Crippen LogP contribution in [0.15, 0.2) is 36.7 Å². The molecule has 2 rings (SSSR count). The Morgan fingerprint density at radius 2 is 2.26 bits per heavy atom. The highest BCUT2D eigenvalue weighted by atomic mass is 32.1. The van der Waals surface area contributed by atoms with Gasteiger partial charge in [-0.15, -0.1) is 0 Å². The maximum atomic E-state index is 5.67. The highest BCUT2D eigenvalue weighted by Gasteiger charge is 2.07. The van der Waals surface area contributed by atoms with Gasteiger partial charge < -0.3 is 15.2 Å². The minimum absolute atomic E-state index is 0.335. The average Bonchev–Trinajstić information content (AvgIpc) is 2.92. The molecule has 0 aliphatic rings. The molecule has 19 heavy (non-hydrogen) atoms. The van der Waals surface area contributed by atoms with Crippen LogP contribution in [-0.4, -0.2) is 28.5 Å². The van der Waals surface area contributed by atoms with Crippen molar-refractivity contribution in [1.29, 1.82) is 0 Å². The van der Waals surface area contributed by atoms with Crippen LogP contribution in [0.4, 0.5) is 0 Å². The first-order valence-electron chi connectivity index (χ1n) is 5.79. The van der Waals surface area contributed by atoms with Crippen LogP contribution in [0, 0.1) is 0 Å². The van der Waals surface area contributed by atoms with Crippen LogP contribution in [0.5, 0.6) is 11.5 Å².